The fraction of sp³-hybridized carbons (Fsp3) is 0.118. The lowest BCUT2D eigenvalue weighted by atomic mass is 10.1. The van der Waals surface area contributed by atoms with Crippen LogP contribution in [0.1, 0.15) is 33.5 Å². The average Bonchev–Trinajstić information content (AvgIpc) is 3.05. The molecular weight excluding hydrogens is 280 g/mol. The Morgan fingerprint density at radius 1 is 1.05 bits per heavy atom. The highest BCUT2D eigenvalue weighted by molar-refractivity contribution is 5.74. The predicted octanol–water partition coefficient (Wildman–Crippen LogP) is 2.94. The quantitative estimate of drug-likeness (QED) is 0.749. The van der Waals surface area contributed by atoms with Crippen LogP contribution in [0.15, 0.2) is 52.9 Å². The third-order valence-electron chi connectivity index (χ3n) is 3.36. The molecule has 0 aliphatic heterocycles. The molecule has 0 saturated carbocycles. The number of aldehydes is 1. The number of aromatic nitrogens is 2. The number of rotatable bonds is 4. The smallest absolute Gasteiger partial charge is 0.249 e. The summed E-state index contributed by atoms with van der Waals surface area (Å²) >= 11 is 0. The predicted molar refractivity (Wildman–Crippen MR) is 80.4 cm³/mol. The SMILES string of the molecule is Cc1ccc(-c2nnc(C(O)c3ccc(C=O)cc3)o2)cc1. The maximum absolute atomic E-state index is 10.6. The Balaban J connectivity index is 1.85. The Bertz CT molecular complexity index is 776. The number of aryl methyl sites for hydroxylation is 1. The van der Waals surface area contributed by atoms with E-state index in [4.69, 9.17) is 4.42 Å². The number of nitrogens with zero attached hydrogens (tertiary/aromatic N) is 2. The van der Waals surface area contributed by atoms with E-state index in [0.717, 1.165) is 17.4 Å². The molecule has 0 fully saturated rings. The molecular formula is C17H14N2O3. The van der Waals surface area contributed by atoms with Crippen molar-refractivity contribution in [2.75, 3.05) is 0 Å². The van der Waals surface area contributed by atoms with Gasteiger partial charge >= 0.3 is 0 Å². The standard InChI is InChI=1S/C17H14N2O3/c1-11-2-6-14(7-3-11)16-18-19-17(22-16)15(21)13-8-4-12(10-20)5-9-13/h2-10,15,21H,1H3. The van der Waals surface area contributed by atoms with Crippen LogP contribution in [-0.4, -0.2) is 21.6 Å². The van der Waals surface area contributed by atoms with E-state index < -0.39 is 6.10 Å². The lowest BCUT2D eigenvalue weighted by molar-refractivity contribution is 0.112. The molecule has 5 heteroatoms. The van der Waals surface area contributed by atoms with E-state index >= 15 is 0 Å². The van der Waals surface area contributed by atoms with Crippen molar-refractivity contribution < 1.29 is 14.3 Å². The number of carbonyl (C=O) groups is 1. The van der Waals surface area contributed by atoms with E-state index in [-0.39, 0.29) is 5.89 Å². The van der Waals surface area contributed by atoms with Crippen LogP contribution in [0.2, 0.25) is 0 Å². The van der Waals surface area contributed by atoms with Gasteiger partial charge in [0.15, 0.2) is 6.10 Å². The van der Waals surface area contributed by atoms with E-state index in [0.29, 0.717) is 17.0 Å². The lowest BCUT2D eigenvalue weighted by Gasteiger charge is -2.06. The fourth-order valence-corrected chi connectivity index (χ4v) is 2.06. The van der Waals surface area contributed by atoms with Crippen molar-refractivity contribution >= 4 is 6.29 Å². The van der Waals surface area contributed by atoms with Gasteiger partial charge in [-0.25, -0.2) is 0 Å². The molecule has 0 spiro atoms. The lowest BCUT2D eigenvalue weighted by Crippen LogP contribution is -2.00. The van der Waals surface area contributed by atoms with Gasteiger partial charge in [-0.1, -0.05) is 42.0 Å². The van der Waals surface area contributed by atoms with E-state index in [9.17, 15) is 9.90 Å². The minimum atomic E-state index is -1.02. The van der Waals surface area contributed by atoms with Gasteiger partial charge in [-0.3, -0.25) is 4.79 Å². The zero-order valence-electron chi connectivity index (χ0n) is 11.9. The Kier molecular flexibility index (Phi) is 3.80. The van der Waals surface area contributed by atoms with Crippen LogP contribution < -0.4 is 0 Å². The Morgan fingerprint density at radius 2 is 1.73 bits per heavy atom. The van der Waals surface area contributed by atoms with Gasteiger partial charge in [-0.05, 0) is 24.6 Å². The Morgan fingerprint density at radius 3 is 2.36 bits per heavy atom. The number of hydrogen-bond donors (Lipinski definition) is 1. The van der Waals surface area contributed by atoms with Gasteiger partial charge in [0.2, 0.25) is 11.8 Å². The van der Waals surface area contributed by atoms with Gasteiger partial charge < -0.3 is 9.52 Å². The second-order valence-corrected chi connectivity index (χ2v) is 5.00. The molecule has 1 atom stereocenters. The van der Waals surface area contributed by atoms with E-state index in [1.54, 1.807) is 24.3 Å². The van der Waals surface area contributed by atoms with Crippen LogP contribution in [0.25, 0.3) is 11.5 Å². The summed E-state index contributed by atoms with van der Waals surface area (Å²) in [6, 6.07) is 14.2. The summed E-state index contributed by atoms with van der Waals surface area (Å²) in [6.45, 7) is 2.00. The first-order valence-electron chi connectivity index (χ1n) is 6.81. The van der Waals surface area contributed by atoms with Crippen molar-refractivity contribution in [3.05, 3.63) is 71.1 Å². The van der Waals surface area contributed by atoms with E-state index in [1.807, 2.05) is 31.2 Å². The molecule has 0 aliphatic carbocycles. The number of hydrogen-bond acceptors (Lipinski definition) is 5. The van der Waals surface area contributed by atoms with Crippen molar-refractivity contribution in [3.63, 3.8) is 0 Å². The zero-order chi connectivity index (χ0) is 15.5. The molecule has 110 valence electrons. The summed E-state index contributed by atoms with van der Waals surface area (Å²) in [7, 11) is 0. The van der Waals surface area contributed by atoms with Gasteiger partial charge in [0.05, 0.1) is 0 Å². The average molecular weight is 294 g/mol. The molecule has 1 N–H and O–H groups in total. The first-order valence-corrected chi connectivity index (χ1v) is 6.81. The number of aliphatic hydroxyl groups is 1. The number of benzene rings is 2. The Labute approximate surface area is 127 Å². The maximum Gasteiger partial charge on any atom is 0.249 e. The fourth-order valence-electron chi connectivity index (χ4n) is 2.06. The summed E-state index contributed by atoms with van der Waals surface area (Å²) in [5.74, 6) is 0.480. The molecule has 1 unspecified atom stereocenters. The molecule has 0 aliphatic rings. The number of carbonyl (C=O) groups excluding carboxylic acids is 1. The summed E-state index contributed by atoms with van der Waals surface area (Å²) < 4.78 is 5.54. The molecule has 5 nitrogen and oxygen atoms in total. The van der Waals surface area contributed by atoms with Gasteiger partial charge in [-0.2, -0.15) is 0 Å². The van der Waals surface area contributed by atoms with Crippen LogP contribution >= 0.6 is 0 Å². The molecule has 22 heavy (non-hydrogen) atoms. The van der Waals surface area contributed by atoms with Crippen molar-refractivity contribution in [2.24, 2.45) is 0 Å². The highest BCUT2D eigenvalue weighted by atomic mass is 16.4. The Hall–Kier alpha value is -2.79. The summed E-state index contributed by atoms with van der Waals surface area (Å²) in [5.41, 5.74) is 3.07. The minimum Gasteiger partial charge on any atom is -0.417 e. The molecule has 1 aromatic heterocycles. The largest absolute Gasteiger partial charge is 0.417 e. The summed E-state index contributed by atoms with van der Waals surface area (Å²) in [5, 5.41) is 18.1. The molecule has 0 amide bonds. The highest BCUT2D eigenvalue weighted by Gasteiger charge is 2.18. The molecule has 0 bridgehead atoms. The van der Waals surface area contributed by atoms with Crippen molar-refractivity contribution in [2.45, 2.75) is 13.0 Å². The van der Waals surface area contributed by atoms with Crippen molar-refractivity contribution in [1.29, 1.82) is 0 Å². The van der Waals surface area contributed by atoms with Gasteiger partial charge in [0.25, 0.3) is 0 Å². The van der Waals surface area contributed by atoms with E-state index in [2.05, 4.69) is 10.2 Å². The molecule has 3 aromatic rings. The monoisotopic (exact) mass is 294 g/mol. The molecule has 3 rings (SSSR count). The number of aliphatic hydroxyl groups excluding tert-OH is 1. The van der Waals surface area contributed by atoms with Crippen LogP contribution in [0.5, 0.6) is 0 Å². The van der Waals surface area contributed by atoms with Crippen molar-refractivity contribution in [3.8, 4) is 11.5 Å². The van der Waals surface area contributed by atoms with Crippen LogP contribution in [0.4, 0.5) is 0 Å². The molecule has 0 saturated heterocycles. The molecule has 2 aromatic carbocycles. The minimum absolute atomic E-state index is 0.120. The second kappa shape index (κ2) is 5.91. The van der Waals surface area contributed by atoms with Gasteiger partial charge in [0, 0.05) is 11.1 Å². The third-order valence-corrected chi connectivity index (χ3v) is 3.36. The normalized spacial score (nSPS) is 12.1. The van der Waals surface area contributed by atoms with Crippen LogP contribution in [-0.2, 0) is 0 Å². The van der Waals surface area contributed by atoms with Crippen LogP contribution in [0, 0.1) is 6.92 Å². The van der Waals surface area contributed by atoms with Crippen molar-refractivity contribution in [1.82, 2.24) is 10.2 Å². The van der Waals surface area contributed by atoms with Gasteiger partial charge in [-0.15, -0.1) is 10.2 Å². The van der Waals surface area contributed by atoms with Gasteiger partial charge in [0.1, 0.15) is 6.29 Å². The van der Waals surface area contributed by atoms with E-state index in [1.165, 1.54) is 0 Å². The summed E-state index contributed by atoms with van der Waals surface area (Å²) in [4.78, 5) is 10.6. The molecule has 0 radical (unpaired) electrons. The first-order chi connectivity index (χ1) is 10.7. The third kappa shape index (κ3) is 2.80. The zero-order valence-corrected chi connectivity index (χ0v) is 11.9. The maximum atomic E-state index is 10.6. The highest BCUT2D eigenvalue weighted by Crippen LogP contribution is 2.25. The van der Waals surface area contributed by atoms with Crippen LogP contribution in [0.3, 0.4) is 0 Å². The second-order valence-electron chi connectivity index (χ2n) is 5.00. The molecule has 1 heterocycles. The topological polar surface area (TPSA) is 76.2 Å². The first kappa shape index (κ1) is 14.2. The summed E-state index contributed by atoms with van der Waals surface area (Å²) in [6.07, 6.45) is -0.273.